The smallest absolute Gasteiger partial charge is 0.379 e. The molecule has 2 saturated carbocycles. The molecule has 0 bridgehead atoms. The second-order valence-electron chi connectivity index (χ2n) is 23.7. The lowest BCUT2D eigenvalue weighted by atomic mass is 9.64. The van der Waals surface area contributed by atoms with Crippen LogP contribution in [0.5, 0.6) is 0 Å². The molecule has 0 saturated heterocycles. The van der Waals surface area contributed by atoms with Crippen molar-refractivity contribution in [1.82, 2.24) is 24.9 Å². The lowest BCUT2D eigenvalue weighted by molar-refractivity contribution is -0.164. The standard InChI is InChI=1S/C26H33NO3.C26H31NO3.C9H9NO3.C9H7NO3.C6H5NO/c2*1-4-19-12-14-22(26(2,3)21-10-6-5-7-11-21)24(17-19)30-25(29)23(28)15-13-20-9-8-16-27-18-20;2*11-8(9(12)13)4-3-7-2-1-5-10-6-7;8-5-6-2-1-3-7-4-6/h5-11,13,15-16,18-19,22-24,28H,4,12,14,17H2,1-3H3;5-11,13,15-16,18-19,22,24H,4,12,14,17H2,1-3H3;1-6,8,11H,(H,12,13);1-6H,(H,12,13);1-5H/b2*15-13+;2*4-3+;/t19?,22-,23+,24-;19?,22-,24-;8-;;/m110../s1. The maximum atomic E-state index is 12.7. The van der Waals surface area contributed by atoms with Gasteiger partial charge in [0.05, 0.1) is 0 Å². The van der Waals surface area contributed by atoms with E-state index in [1.54, 1.807) is 104 Å². The van der Waals surface area contributed by atoms with E-state index in [1.807, 2.05) is 42.5 Å². The van der Waals surface area contributed by atoms with Gasteiger partial charge in [-0.15, -0.1) is 0 Å². The number of ether oxygens (including phenoxy) is 2. The molecule has 0 radical (unpaired) electrons. The summed E-state index contributed by atoms with van der Waals surface area (Å²) in [5.74, 6) is -4.20. The number of aliphatic hydroxyl groups is 2. The lowest BCUT2D eigenvalue weighted by Crippen LogP contribution is -2.44. The van der Waals surface area contributed by atoms with Gasteiger partial charge in [-0.3, -0.25) is 39.3 Å². The summed E-state index contributed by atoms with van der Waals surface area (Å²) in [7, 11) is 0. The van der Waals surface area contributed by atoms with Gasteiger partial charge in [0.2, 0.25) is 0 Å². The van der Waals surface area contributed by atoms with Gasteiger partial charge >= 0.3 is 23.9 Å². The number of pyridine rings is 5. The van der Waals surface area contributed by atoms with Crippen LogP contribution in [0.3, 0.4) is 0 Å². The first-order valence-corrected chi connectivity index (χ1v) is 31.3. The highest BCUT2D eigenvalue weighted by Crippen LogP contribution is 2.46. The number of esters is 2. The van der Waals surface area contributed by atoms with Gasteiger partial charge in [-0.2, -0.15) is 0 Å². The van der Waals surface area contributed by atoms with Crippen molar-refractivity contribution in [3.63, 3.8) is 0 Å². The SMILES string of the molecule is CCC1CC[C@@H](C(C)(C)c2ccccc2)[C@H](OC(=O)C(=O)/C=C/c2cccnc2)C1.CCC1CC[C@@H](C(C)(C)c2ccccc2)[C@H](OC(=O)[C@@H](O)/C=C/c2cccnc2)C1.O=C(O)C(=O)/C=C/c1cccnc1.O=C(O)[C@@H](O)/C=C/c1cccnc1.O=Cc1cccnc1. The van der Waals surface area contributed by atoms with Gasteiger partial charge < -0.3 is 29.9 Å². The quantitative estimate of drug-likeness (QED) is 0.0225. The normalized spacial score (nSPS) is 18.4. The Morgan fingerprint density at radius 2 is 0.840 bits per heavy atom. The van der Waals surface area contributed by atoms with Crippen LogP contribution < -0.4 is 0 Å². The van der Waals surface area contributed by atoms with Crippen molar-refractivity contribution in [3.8, 4) is 0 Å². The number of aromatic nitrogens is 5. The zero-order valence-electron chi connectivity index (χ0n) is 54.0. The van der Waals surface area contributed by atoms with Gasteiger partial charge in [0.1, 0.15) is 12.2 Å². The first-order valence-electron chi connectivity index (χ1n) is 31.3. The van der Waals surface area contributed by atoms with E-state index < -0.39 is 47.7 Å². The van der Waals surface area contributed by atoms with Crippen molar-refractivity contribution in [2.75, 3.05) is 0 Å². The van der Waals surface area contributed by atoms with Crippen molar-refractivity contribution in [1.29, 1.82) is 0 Å². The molecular formula is C76H85N5O13. The molecule has 94 heavy (non-hydrogen) atoms. The van der Waals surface area contributed by atoms with E-state index in [-0.39, 0.29) is 34.9 Å². The molecule has 5 heterocycles. The van der Waals surface area contributed by atoms with Crippen molar-refractivity contribution < 1.29 is 63.5 Å². The minimum Gasteiger partial charge on any atom is -0.479 e. The number of ketones is 2. The Morgan fingerprint density at radius 3 is 1.18 bits per heavy atom. The molecular weight excluding hydrogens is 1190 g/mol. The highest BCUT2D eigenvalue weighted by Gasteiger charge is 2.44. The van der Waals surface area contributed by atoms with E-state index in [0.29, 0.717) is 23.0 Å². The van der Waals surface area contributed by atoms with E-state index in [1.165, 1.54) is 53.9 Å². The minimum absolute atomic E-state index is 0.124. The highest BCUT2D eigenvalue weighted by molar-refractivity contribution is 6.39. The molecule has 18 nitrogen and oxygen atoms in total. The molecule has 2 fully saturated rings. The Bertz CT molecular complexity index is 3560. The maximum absolute atomic E-state index is 12.7. The Balaban J connectivity index is 0.000000231. The second-order valence-corrected chi connectivity index (χ2v) is 23.7. The number of hydrogen-bond acceptors (Lipinski definition) is 16. The zero-order chi connectivity index (χ0) is 68.3. The Morgan fingerprint density at radius 1 is 0.479 bits per heavy atom. The first kappa shape index (κ1) is 74.7. The van der Waals surface area contributed by atoms with E-state index in [2.05, 4.69) is 103 Å². The minimum atomic E-state index is -1.46. The molecule has 4 N–H and O–H groups in total. The summed E-state index contributed by atoms with van der Waals surface area (Å²) in [5.41, 5.74) is 5.87. The molecule has 7 aromatic rings. The predicted octanol–water partition coefficient (Wildman–Crippen LogP) is 12.7. The van der Waals surface area contributed by atoms with E-state index in [9.17, 15) is 38.7 Å². The predicted molar refractivity (Wildman–Crippen MR) is 361 cm³/mol. The molecule has 2 unspecified atom stereocenters. The lowest BCUT2D eigenvalue weighted by Gasteiger charge is -2.44. The fraction of sp³-hybridized carbons (Fsp3) is 0.316. The molecule has 9 rings (SSSR count). The molecule has 2 aliphatic carbocycles. The molecule has 2 aromatic carbocycles. The summed E-state index contributed by atoms with van der Waals surface area (Å²) in [6.45, 7) is 13.3. The van der Waals surface area contributed by atoms with E-state index in [0.717, 1.165) is 80.4 Å². The van der Waals surface area contributed by atoms with Crippen LogP contribution in [0.25, 0.3) is 24.3 Å². The Hall–Kier alpha value is -10.0. The summed E-state index contributed by atoms with van der Waals surface area (Å²) in [5, 5.41) is 35.8. The average molecular weight is 1280 g/mol. The number of carboxylic acids is 2. The van der Waals surface area contributed by atoms with Crippen LogP contribution in [-0.4, -0.2) is 111 Å². The molecule has 0 amide bonds. The number of carbonyl (C=O) groups is 7. The van der Waals surface area contributed by atoms with Gasteiger partial charge in [-0.1, -0.05) is 151 Å². The summed E-state index contributed by atoms with van der Waals surface area (Å²) in [6.07, 6.45) is 32.9. The Kier molecular flexibility index (Phi) is 31.3. The van der Waals surface area contributed by atoms with Gasteiger partial charge in [0.25, 0.3) is 11.6 Å². The number of nitrogens with zero attached hydrogens (tertiary/aromatic N) is 5. The van der Waals surface area contributed by atoms with Gasteiger partial charge in [-0.05, 0) is 167 Å². The van der Waals surface area contributed by atoms with Gasteiger partial charge in [-0.25, -0.2) is 19.2 Å². The highest BCUT2D eigenvalue weighted by atomic mass is 16.6. The fourth-order valence-corrected chi connectivity index (χ4v) is 11.0. The molecule has 0 spiro atoms. The second kappa shape index (κ2) is 39.4. The maximum Gasteiger partial charge on any atom is 0.379 e. The first-order chi connectivity index (χ1) is 45.2. The third-order valence-electron chi connectivity index (χ3n) is 16.6. The van der Waals surface area contributed by atoms with Crippen LogP contribution in [0.1, 0.15) is 137 Å². The van der Waals surface area contributed by atoms with Crippen molar-refractivity contribution >= 4 is 66.0 Å². The van der Waals surface area contributed by atoms with Crippen molar-refractivity contribution in [2.24, 2.45) is 23.7 Å². The molecule has 18 heteroatoms. The summed E-state index contributed by atoms with van der Waals surface area (Å²) >= 11 is 0. The van der Waals surface area contributed by atoms with Crippen LogP contribution in [0, 0.1) is 23.7 Å². The third kappa shape index (κ3) is 25.2. The van der Waals surface area contributed by atoms with Crippen molar-refractivity contribution in [3.05, 3.63) is 247 Å². The Labute approximate surface area is 550 Å². The number of carboxylic acid groups (broad SMARTS) is 2. The summed E-state index contributed by atoms with van der Waals surface area (Å²) in [6, 6.07) is 38.4. The number of aliphatic carboxylic acids is 2. The number of carbonyl (C=O) groups excluding carboxylic acids is 5. The average Bonchev–Trinajstić information content (AvgIpc) is 0.799. The van der Waals surface area contributed by atoms with E-state index >= 15 is 0 Å². The zero-order valence-corrected chi connectivity index (χ0v) is 54.0. The van der Waals surface area contributed by atoms with Gasteiger partial charge in [0, 0.05) is 79.4 Å². The number of aliphatic hydroxyl groups excluding tert-OH is 2. The fourth-order valence-electron chi connectivity index (χ4n) is 11.0. The topological polar surface area (TPSA) is 283 Å². The number of aldehydes is 1. The molecule has 492 valence electrons. The van der Waals surface area contributed by atoms with E-state index in [4.69, 9.17) is 24.8 Å². The third-order valence-corrected chi connectivity index (χ3v) is 16.6. The van der Waals surface area contributed by atoms with Crippen LogP contribution in [0.15, 0.2) is 208 Å². The monoisotopic (exact) mass is 1280 g/mol. The number of benzene rings is 2. The molecule has 2 aliphatic rings. The van der Waals surface area contributed by atoms with Crippen LogP contribution >= 0.6 is 0 Å². The molecule has 8 atom stereocenters. The van der Waals surface area contributed by atoms with Crippen LogP contribution in [0.4, 0.5) is 0 Å². The molecule has 5 aromatic heterocycles. The summed E-state index contributed by atoms with van der Waals surface area (Å²) < 4.78 is 11.8. The number of hydrogen-bond donors (Lipinski definition) is 4. The van der Waals surface area contributed by atoms with Crippen molar-refractivity contribution in [2.45, 2.75) is 128 Å². The van der Waals surface area contributed by atoms with Crippen LogP contribution in [-0.2, 0) is 49.1 Å². The van der Waals surface area contributed by atoms with Crippen LogP contribution in [0.2, 0.25) is 0 Å². The summed E-state index contributed by atoms with van der Waals surface area (Å²) in [4.78, 5) is 98.0. The largest absolute Gasteiger partial charge is 0.479 e. The number of rotatable bonds is 21. The molecule has 0 aliphatic heterocycles. The van der Waals surface area contributed by atoms with Gasteiger partial charge in [0.15, 0.2) is 18.5 Å².